The second kappa shape index (κ2) is 10.9. The summed E-state index contributed by atoms with van der Waals surface area (Å²) in [4.78, 5) is 2.47. The number of hydrogen-bond acceptors (Lipinski definition) is 2. The zero-order valence-electron chi connectivity index (χ0n) is 28.8. The number of aromatic nitrogens is 1. The number of allylic oxidation sites excluding steroid dienone is 1. The van der Waals surface area contributed by atoms with E-state index >= 15 is 0 Å². The van der Waals surface area contributed by atoms with Crippen molar-refractivity contribution in [3.05, 3.63) is 148 Å². The number of benzene rings is 5. The average Bonchev–Trinajstić information content (AvgIpc) is 3.72. The van der Waals surface area contributed by atoms with E-state index in [2.05, 4.69) is 153 Å². The number of para-hydroxylation sites is 2. The maximum absolute atomic E-state index is 6.76. The molecule has 1 aromatic heterocycles. The van der Waals surface area contributed by atoms with Gasteiger partial charge >= 0.3 is 0 Å². The largest absolute Gasteiger partial charge is 0.485 e. The molecule has 0 N–H and O–H groups in total. The van der Waals surface area contributed by atoms with Gasteiger partial charge in [-0.3, -0.25) is 0 Å². The first-order chi connectivity index (χ1) is 23.6. The molecule has 0 fully saturated rings. The Hall–Kier alpha value is -4.73. The van der Waals surface area contributed by atoms with Crippen molar-refractivity contribution in [3.63, 3.8) is 0 Å². The summed E-state index contributed by atoms with van der Waals surface area (Å²) in [5.41, 5.74) is 14.9. The molecule has 0 saturated carbocycles. The molecule has 6 aromatic rings. The van der Waals surface area contributed by atoms with Gasteiger partial charge in [0, 0.05) is 55.3 Å². The minimum absolute atomic E-state index is 0.0449. The lowest BCUT2D eigenvalue weighted by molar-refractivity contribution is 0.255. The van der Waals surface area contributed by atoms with Crippen LogP contribution >= 0.6 is 11.6 Å². The summed E-state index contributed by atoms with van der Waals surface area (Å²) in [5.74, 6) is 0.979. The minimum Gasteiger partial charge on any atom is -0.485 e. The molecule has 2 aliphatic carbocycles. The minimum atomic E-state index is -0.118. The quantitative estimate of drug-likeness (QED) is 0.187. The van der Waals surface area contributed by atoms with Gasteiger partial charge in [0.1, 0.15) is 11.9 Å². The highest BCUT2D eigenvalue weighted by Gasteiger charge is 2.41. The first kappa shape index (κ1) is 30.3. The smallest absolute Gasteiger partial charge is 0.127 e. The molecule has 0 radical (unpaired) electrons. The van der Waals surface area contributed by atoms with Crippen molar-refractivity contribution in [2.45, 2.75) is 70.8 Å². The fraction of sp³-hybridized carbons (Fsp3) is 0.244. The average molecular weight is 661 g/mol. The van der Waals surface area contributed by atoms with Gasteiger partial charge < -0.3 is 14.2 Å². The summed E-state index contributed by atoms with van der Waals surface area (Å²) in [6.45, 7) is 11.7. The van der Waals surface area contributed by atoms with Crippen LogP contribution in [0.25, 0.3) is 33.4 Å². The monoisotopic (exact) mass is 660 g/mol. The van der Waals surface area contributed by atoms with Gasteiger partial charge in [0.25, 0.3) is 0 Å². The van der Waals surface area contributed by atoms with E-state index in [1.165, 1.54) is 61.4 Å². The van der Waals surface area contributed by atoms with E-state index in [1.807, 2.05) is 6.07 Å². The Morgan fingerprint density at radius 3 is 2.37 bits per heavy atom. The maximum atomic E-state index is 6.76. The summed E-state index contributed by atoms with van der Waals surface area (Å²) in [7, 11) is 0. The van der Waals surface area contributed by atoms with Crippen molar-refractivity contribution in [1.29, 1.82) is 0 Å². The maximum Gasteiger partial charge on any atom is 0.127 e. The first-order valence-electron chi connectivity index (χ1n) is 17.6. The van der Waals surface area contributed by atoms with Crippen molar-refractivity contribution >= 4 is 39.5 Å². The number of halogens is 1. The van der Waals surface area contributed by atoms with Gasteiger partial charge in [0.05, 0.1) is 11.2 Å². The van der Waals surface area contributed by atoms with Gasteiger partial charge in [-0.2, -0.15) is 0 Å². The highest BCUT2D eigenvalue weighted by Crippen LogP contribution is 2.54. The van der Waals surface area contributed by atoms with E-state index in [4.69, 9.17) is 16.3 Å². The lowest BCUT2D eigenvalue weighted by Gasteiger charge is -2.35. The molecule has 5 aromatic carbocycles. The van der Waals surface area contributed by atoms with E-state index in [1.54, 1.807) is 0 Å². The third-order valence-electron chi connectivity index (χ3n) is 10.9. The number of rotatable bonds is 4. The molecule has 0 amide bonds. The molecule has 0 saturated heterocycles. The summed E-state index contributed by atoms with van der Waals surface area (Å²) < 4.78 is 9.11. The fourth-order valence-electron chi connectivity index (χ4n) is 8.67. The normalized spacial score (nSPS) is 17.4. The molecule has 3 nitrogen and oxygen atoms in total. The van der Waals surface area contributed by atoms with Gasteiger partial charge in [-0.05, 0) is 89.9 Å². The third kappa shape index (κ3) is 4.62. The van der Waals surface area contributed by atoms with E-state index in [-0.39, 0.29) is 16.9 Å². The van der Waals surface area contributed by atoms with Crippen LogP contribution in [0.5, 0.6) is 5.75 Å². The Kier molecular flexibility index (Phi) is 6.74. The highest BCUT2D eigenvalue weighted by molar-refractivity contribution is 6.30. The van der Waals surface area contributed by atoms with Gasteiger partial charge in [0.2, 0.25) is 0 Å². The Labute approximate surface area is 294 Å². The van der Waals surface area contributed by atoms with Crippen molar-refractivity contribution in [1.82, 2.24) is 4.57 Å². The number of anilines is 2. The van der Waals surface area contributed by atoms with Crippen LogP contribution in [-0.2, 0) is 10.8 Å². The molecular weight excluding hydrogens is 620 g/mol. The van der Waals surface area contributed by atoms with Crippen LogP contribution < -0.4 is 9.64 Å². The number of hydrogen-bond donors (Lipinski definition) is 0. The molecule has 3 aliphatic rings. The van der Waals surface area contributed by atoms with Crippen LogP contribution in [0, 0.1) is 0 Å². The van der Waals surface area contributed by atoms with Gasteiger partial charge in [0.15, 0.2) is 0 Å². The molecule has 9 rings (SSSR count). The predicted octanol–water partition coefficient (Wildman–Crippen LogP) is 12.4. The molecule has 0 bridgehead atoms. The van der Waals surface area contributed by atoms with Gasteiger partial charge in [-0.1, -0.05) is 113 Å². The second-order valence-electron chi connectivity index (χ2n) is 15.4. The van der Waals surface area contributed by atoms with Crippen molar-refractivity contribution in [3.8, 4) is 22.7 Å². The van der Waals surface area contributed by atoms with Crippen LogP contribution in [0.1, 0.15) is 76.1 Å². The van der Waals surface area contributed by atoms with Gasteiger partial charge in [-0.15, -0.1) is 0 Å². The topological polar surface area (TPSA) is 17.4 Å². The molecule has 49 heavy (non-hydrogen) atoms. The standard InChI is InChI=1S/C45H41ClN2O/c1-44(2,3)28-24-31(47(30-15-12-14-29(46)26-30)38-21-13-23-40-41(38)35-18-8-11-22-39(35)49-40)27-32(25-28)48-37-20-10-7-17-34(37)42-43(48)33-16-6-9-19-36(33)45(42,4)5/h6-12,14-20,22,24-27,40H,13,21,23H2,1-5H3. The predicted molar refractivity (Wildman–Crippen MR) is 205 cm³/mol. The van der Waals surface area contributed by atoms with Crippen LogP contribution in [-0.4, -0.2) is 10.7 Å². The van der Waals surface area contributed by atoms with Crippen molar-refractivity contribution in [2.75, 3.05) is 4.90 Å². The number of fused-ring (bicyclic) bond motifs is 8. The van der Waals surface area contributed by atoms with E-state index in [0.29, 0.717) is 0 Å². The fourth-order valence-corrected chi connectivity index (χ4v) is 8.86. The SMILES string of the molecule is CC(C)(C)c1cc(N(C2=C3c4ccccc4OC3CCC2)c2cccc(Cl)c2)cc(-n2c3c(c4ccccc42)C(C)(C)c2ccccc2-3)c1. The molecule has 4 heteroatoms. The van der Waals surface area contributed by atoms with Crippen LogP contribution in [0.3, 0.4) is 0 Å². The number of ether oxygens (including phenoxy) is 1. The van der Waals surface area contributed by atoms with Crippen LogP contribution in [0.2, 0.25) is 5.02 Å². The summed E-state index contributed by atoms with van der Waals surface area (Å²) >= 11 is 6.76. The Morgan fingerprint density at radius 2 is 1.55 bits per heavy atom. The zero-order valence-corrected chi connectivity index (χ0v) is 29.6. The highest BCUT2D eigenvalue weighted by atomic mass is 35.5. The van der Waals surface area contributed by atoms with Gasteiger partial charge in [-0.25, -0.2) is 0 Å². The Balaban J connectivity index is 1.36. The lowest BCUT2D eigenvalue weighted by atomic mass is 9.81. The molecule has 1 aliphatic heterocycles. The Morgan fingerprint density at radius 1 is 0.796 bits per heavy atom. The second-order valence-corrected chi connectivity index (χ2v) is 15.8. The molecule has 244 valence electrons. The molecule has 0 spiro atoms. The van der Waals surface area contributed by atoms with Crippen molar-refractivity contribution in [2.24, 2.45) is 0 Å². The van der Waals surface area contributed by atoms with E-state index < -0.39 is 0 Å². The first-order valence-corrected chi connectivity index (χ1v) is 17.9. The molecule has 2 heterocycles. The van der Waals surface area contributed by atoms with Crippen LogP contribution in [0.4, 0.5) is 11.4 Å². The van der Waals surface area contributed by atoms with E-state index in [0.717, 1.165) is 41.4 Å². The summed E-state index contributed by atoms with van der Waals surface area (Å²) in [6, 6.07) is 42.0. The molecule has 1 atom stereocenters. The lowest BCUT2D eigenvalue weighted by Crippen LogP contribution is -2.26. The molecular formula is C45H41ClN2O. The zero-order chi connectivity index (χ0) is 33.7. The summed E-state index contributed by atoms with van der Waals surface area (Å²) in [5, 5.41) is 2.04. The molecule has 1 unspecified atom stereocenters. The van der Waals surface area contributed by atoms with Crippen molar-refractivity contribution < 1.29 is 4.74 Å². The number of nitrogens with zero attached hydrogens (tertiary/aromatic N) is 2. The Bertz CT molecular complexity index is 2330. The third-order valence-corrected chi connectivity index (χ3v) is 11.2. The van der Waals surface area contributed by atoms with Crippen LogP contribution in [0.15, 0.2) is 121 Å². The van der Waals surface area contributed by atoms with E-state index in [9.17, 15) is 0 Å². The summed E-state index contributed by atoms with van der Waals surface area (Å²) in [6.07, 6.45) is 3.07.